The number of pyridine rings is 1. The van der Waals surface area contributed by atoms with Crippen LogP contribution in [-0.2, 0) is 6.61 Å². The molecule has 1 heterocycles. The first-order chi connectivity index (χ1) is 9.10. The molecule has 0 saturated carbocycles. The van der Waals surface area contributed by atoms with Gasteiger partial charge in [-0.15, -0.1) is 0 Å². The maximum Gasteiger partial charge on any atom is 0.140 e. The van der Waals surface area contributed by atoms with Crippen LogP contribution in [0.2, 0.25) is 5.02 Å². The molecule has 0 aliphatic rings. The van der Waals surface area contributed by atoms with Crippen molar-refractivity contribution in [3.05, 3.63) is 52.2 Å². The van der Waals surface area contributed by atoms with Crippen molar-refractivity contribution < 1.29 is 4.74 Å². The van der Waals surface area contributed by atoms with Gasteiger partial charge in [-0.3, -0.25) is 0 Å². The number of aromatic nitrogens is 1. The Balaban J connectivity index is 2.16. The van der Waals surface area contributed by atoms with Crippen LogP contribution in [0.1, 0.15) is 16.8 Å². The highest BCUT2D eigenvalue weighted by atomic mass is 35.5. The van der Waals surface area contributed by atoms with E-state index in [9.17, 15) is 0 Å². The number of aryl methyl sites for hydroxylation is 2. The summed E-state index contributed by atoms with van der Waals surface area (Å²) in [6, 6.07) is 9.52. The summed E-state index contributed by atoms with van der Waals surface area (Å²) in [6.45, 7) is 4.33. The van der Waals surface area contributed by atoms with E-state index in [1.165, 1.54) is 0 Å². The topological polar surface area (TPSA) is 60.2 Å². The molecule has 4 nitrogen and oxygen atoms in total. The third-order valence-corrected chi connectivity index (χ3v) is 3.12. The van der Waals surface area contributed by atoms with Gasteiger partial charge in [0.15, 0.2) is 0 Å². The zero-order valence-electron chi connectivity index (χ0n) is 10.9. The summed E-state index contributed by atoms with van der Waals surface area (Å²) in [5, 5.41) is 0.560. The second-order valence-corrected chi connectivity index (χ2v) is 4.73. The molecule has 2 aromatic rings. The predicted octanol–water partition coefficient (Wildman–Crippen LogP) is 3.22. The van der Waals surface area contributed by atoms with Crippen LogP contribution < -0.4 is 16.0 Å². The van der Waals surface area contributed by atoms with Gasteiger partial charge in [-0.05, 0) is 43.2 Å². The van der Waals surface area contributed by atoms with E-state index in [1.54, 1.807) is 12.1 Å². The van der Waals surface area contributed by atoms with Crippen LogP contribution in [0.15, 0.2) is 30.3 Å². The van der Waals surface area contributed by atoms with E-state index in [4.69, 9.17) is 22.2 Å². The smallest absolute Gasteiger partial charge is 0.140 e. The van der Waals surface area contributed by atoms with E-state index in [-0.39, 0.29) is 0 Å². The number of rotatable bonds is 4. The van der Waals surface area contributed by atoms with Gasteiger partial charge in [-0.1, -0.05) is 23.7 Å². The number of hydrazine groups is 1. The van der Waals surface area contributed by atoms with Gasteiger partial charge < -0.3 is 10.2 Å². The Labute approximate surface area is 117 Å². The Morgan fingerprint density at radius 1 is 1.26 bits per heavy atom. The Kier molecular flexibility index (Phi) is 4.24. The molecule has 2 rings (SSSR count). The minimum atomic E-state index is 0.304. The number of nitrogens with zero attached hydrogens (tertiary/aromatic N) is 1. The number of halogens is 1. The number of nitrogens with one attached hydrogen (secondary N) is 1. The van der Waals surface area contributed by atoms with E-state index in [2.05, 4.69) is 10.4 Å². The van der Waals surface area contributed by atoms with Crippen LogP contribution in [0.3, 0.4) is 0 Å². The molecule has 0 aliphatic carbocycles. The summed E-state index contributed by atoms with van der Waals surface area (Å²) in [6.07, 6.45) is 0. The second kappa shape index (κ2) is 5.91. The summed E-state index contributed by atoms with van der Waals surface area (Å²) in [7, 11) is 0. The van der Waals surface area contributed by atoms with E-state index in [0.717, 1.165) is 16.9 Å². The maximum atomic E-state index is 6.08. The lowest BCUT2D eigenvalue weighted by Gasteiger charge is -2.11. The fraction of sp³-hybridized carbons (Fsp3) is 0.214. The molecule has 0 spiro atoms. The quantitative estimate of drug-likeness (QED) is 0.665. The Bertz CT molecular complexity index is 587. The minimum Gasteiger partial charge on any atom is -0.487 e. The largest absolute Gasteiger partial charge is 0.487 e. The lowest BCUT2D eigenvalue weighted by Crippen LogP contribution is -2.10. The van der Waals surface area contributed by atoms with Gasteiger partial charge in [-0.25, -0.2) is 10.8 Å². The third kappa shape index (κ3) is 3.36. The molecular formula is C14H16ClN3O. The molecular weight excluding hydrogens is 262 g/mol. The molecule has 100 valence electrons. The third-order valence-electron chi connectivity index (χ3n) is 2.77. The number of hydrogen-bond donors (Lipinski definition) is 2. The predicted molar refractivity (Wildman–Crippen MR) is 77.3 cm³/mol. The molecule has 0 atom stereocenters. The Morgan fingerprint density at radius 2 is 2.05 bits per heavy atom. The van der Waals surface area contributed by atoms with Crippen LogP contribution in [0.4, 0.5) is 5.82 Å². The first kappa shape index (κ1) is 13.6. The van der Waals surface area contributed by atoms with Crippen molar-refractivity contribution in [1.82, 2.24) is 4.98 Å². The van der Waals surface area contributed by atoms with Crippen LogP contribution in [-0.4, -0.2) is 4.98 Å². The second-order valence-electron chi connectivity index (χ2n) is 4.33. The fourth-order valence-corrected chi connectivity index (χ4v) is 1.83. The summed E-state index contributed by atoms with van der Waals surface area (Å²) in [5.74, 6) is 6.72. The molecule has 0 bridgehead atoms. The van der Waals surface area contributed by atoms with Crippen molar-refractivity contribution >= 4 is 17.4 Å². The van der Waals surface area contributed by atoms with Crippen LogP contribution >= 0.6 is 11.6 Å². The van der Waals surface area contributed by atoms with Crippen LogP contribution in [0.5, 0.6) is 5.75 Å². The van der Waals surface area contributed by atoms with Crippen LogP contribution in [0, 0.1) is 13.8 Å². The average Bonchev–Trinajstić information content (AvgIpc) is 2.41. The minimum absolute atomic E-state index is 0.304. The monoisotopic (exact) mass is 277 g/mol. The highest BCUT2D eigenvalue weighted by Crippen LogP contribution is 2.22. The summed E-state index contributed by atoms with van der Waals surface area (Å²) in [4.78, 5) is 4.26. The molecule has 0 radical (unpaired) electrons. The Hall–Kier alpha value is -1.78. The Morgan fingerprint density at radius 3 is 2.79 bits per heavy atom. The highest BCUT2D eigenvalue weighted by molar-refractivity contribution is 6.31. The maximum absolute atomic E-state index is 6.08. The van der Waals surface area contributed by atoms with Gasteiger partial charge in [0.05, 0.1) is 10.7 Å². The van der Waals surface area contributed by atoms with Gasteiger partial charge >= 0.3 is 0 Å². The van der Waals surface area contributed by atoms with Crippen molar-refractivity contribution in [1.29, 1.82) is 0 Å². The number of hydrogen-bond acceptors (Lipinski definition) is 4. The standard InChI is InChI=1S/C14H16ClN3O/c1-9-3-4-10(2)13(7-9)19-8-12-11(15)5-6-14(17-12)18-16/h3-7H,8,16H2,1-2H3,(H,17,18). The van der Waals surface area contributed by atoms with Crippen LogP contribution in [0.25, 0.3) is 0 Å². The number of nitrogens with two attached hydrogens (primary N) is 1. The molecule has 0 fully saturated rings. The number of anilines is 1. The van der Waals surface area contributed by atoms with Gasteiger partial charge in [-0.2, -0.15) is 0 Å². The van der Waals surface area contributed by atoms with Crippen molar-refractivity contribution in [2.75, 3.05) is 5.43 Å². The zero-order chi connectivity index (χ0) is 13.8. The van der Waals surface area contributed by atoms with Gasteiger partial charge in [0.25, 0.3) is 0 Å². The van der Waals surface area contributed by atoms with Crippen molar-refractivity contribution in [2.24, 2.45) is 5.84 Å². The normalized spacial score (nSPS) is 10.3. The van der Waals surface area contributed by atoms with E-state index >= 15 is 0 Å². The molecule has 0 saturated heterocycles. The summed E-state index contributed by atoms with van der Waals surface area (Å²) < 4.78 is 5.77. The lowest BCUT2D eigenvalue weighted by atomic mass is 10.1. The SMILES string of the molecule is Cc1ccc(C)c(OCc2nc(NN)ccc2Cl)c1. The average molecular weight is 278 g/mol. The van der Waals surface area contributed by atoms with Crippen molar-refractivity contribution in [2.45, 2.75) is 20.5 Å². The molecule has 0 aliphatic heterocycles. The van der Waals surface area contributed by atoms with Gasteiger partial charge in [0.2, 0.25) is 0 Å². The zero-order valence-corrected chi connectivity index (χ0v) is 11.7. The molecule has 19 heavy (non-hydrogen) atoms. The highest BCUT2D eigenvalue weighted by Gasteiger charge is 2.06. The molecule has 1 aromatic heterocycles. The molecule has 1 aromatic carbocycles. The molecule has 3 N–H and O–H groups in total. The van der Waals surface area contributed by atoms with E-state index in [0.29, 0.717) is 23.1 Å². The number of nitrogen functional groups attached to an aromatic ring is 1. The first-order valence-corrected chi connectivity index (χ1v) is 6.30. The molecule has 0 unspecified atom stereocenters. The lowest BCUT2D eigenvalue weighted by molar-refractivity contribution is 0.299. The molecule has 0 amide bonds. The molecule has 5 heteroatoms. The van der Waals surface area contributed by atoms with Gasteiger partial charge in [0.1, 0.15) is 18.2 Å². The number of ether oxygens (including phenoxy) is 1. The summed E-state index contributed by atoms with van der Waals surface area (Å²) >= 11 is 6.08. The van der Waals surface area contributed by atoms with Gasteiger partial charge in [0, 0.05) is 0 Å². The van der Waals surface area contributed by atoms with Crippen molar-refractivity contribution in [3.63, 3.8) is 0 Å². The summed E-state index contributed by atoms with van der Waals surface area (Å²) in [5.41, 5.74) is 5.37. The van der Waals surface area contributed by atoms with E-state index in [1.807, 2.05) is 32.0 Å². The van der Waals surface area contributed by atoms with E-state index < -0.39 is 0 Å². The first-order valence-electron chi connectivity index (χ1n) is 5.92. The fourth-order valence-electron chi connectivity index (χ4n) is 1.67. The van der Waals surface area contributed by atoms with Crippen molar-refractivity contribution in [3.8, 4) is 5.75 Å². The number of benzene rings is 1.